The van der Waals surface area contributed by atoms with E-state index in [-0.39, 0.29) is 52.8 Å². The fraction of sp³-hybridized carbons (Fsp3) is 0. The zero-order chi connectivity index (χ0) is 6.69. The van der Waals surface area contributed by atoms with Crippen molar-refractivity contribution in [2.24, 2.45) is 5.73 Å². The fourth-order valence-electron chi connectivity index (χ4n) is 0.426. The predicted molar refractivity (Wildman–Crippen MR) is 31.7 cm³/mol. The molecule has 0 radical (unpaired) electrons. The first-order valence-corrected chi connectivity index (χ1v) is 2.35. The molecule has 1 aromatic heterocycles. The van der Waals surface area contributed by atoms with E-state index in [0.29, 0.717) is 5.56 Å². The van der Waals surface area contributed by atoms with Crippen molar-refractivity contribution in [1.82, 2.24) is 9.97 Å². The van der Waals surface area contributed by atoms with Crippen LogP contribution in [-0.4, -0.2) is 15.9 Å². The molecule has 1 amide bonds. The molecule has 0 aliphatic carbocycles. The minimum Gasteiger partial charge on any atom is -1.00 e. The Hall–Kier alpha value is 0.186. The molecule has 0 aromatic carbocycles. The largest absolute Gasteiger partial charge is 1.00 e. The maximum absolute atomic E-state index is 10.3. The molecule has 0 spiro atoms. The quantitative estimate of drug-likeness (QED) is 0.441. The van der Waals surface area contributed by atoms with Gasteiger partial charge in [0.05, 0.1) is 5.56 Å². The number of aromatic nitrogens is 2. The second kappa shape index (κ2) is 4.92. The van der Waals surface area contributed by atoms with Crippen LogP contribution in [0.5, 0.6) is 0 Å². The Bertz CT molecular complexity index is 218. The molecule has 0 bridgehead atoms. The maximum atomic E-state index is 10.3. The Balaban J connectivity index is 0. The van der Waals surface area contributed by atoms with Gasteiger partial charge in [-0.15, -0.1) is 0 Å². The first-order chi connectivity index (χ1) is 4.30. The van der Waals surface area contributed by atoms with E-state index < -0.39 is 5.91 Å². The molecule has 1 rings (SSSR count). The van der Waals surface area contributed by atoms with E-state index in [1.165, 1.54) is 18.7 Å². The molecule has 10 heavy (non-hydrogen) atoms. The van der Waals surface area contributed by atoms with Crippen molar-refractivity contribution in [1.29, 1.82) is 0 Å². The SMILES string of the molecule is NC(=O)c1cncnc1.[H-].[K+]. The van der Waals surface area contributed by atoms with Gasteiger partial charge in [-0.05, 0) is 0 Å². The average molecular weight is 163 g/mol. The Morgan fingerprint density at radius 2 is 2.00 bits per heavy atom. The van der Waals surface area contributed by atoms with Crippen LogP contribution < -0.4 is 57.1 Å². The van der Waals surface area contributed by atoms with Gasteiger partial charge in [0, 0.05) is 12.4 Å². The summed E-state index contributed by atoms with van der Waals surface area (Å²) in [6.07, 6.45) is 4.08. The first kappa shape index (κ1) is 10.2. The summed E-state index contributed by atoms with van der Waals surface area (Å²) in [4.78, 5) is 17.5. The molecule has 0 fully saturated rings. The third kappa shape index (κ3) is 2.85. The van der Waals surface area contributed by atoms with Crippen LogP contribution in [0.25, 0.3) is 0 Å². The van der Waals surface area contributed by atoms with Gasteiger partial charge in [-0.25, -0.2) is 9.97 Å². The van der Waals surface area contributed by atoms with E-state index >= 15 is 0 Å². The topological polar surface area (TPSA) is 68.9 Å². The molecule has 0 unspecified atom stereocenters. The van der Waals surface area contributed by atoms with Crippen molar-refractivity contribution in [3.05, 3.63) is 24.3 Å². The van der Waals surface area contributed by atoms with E-state index in [1.54, 1.807) is 0 Å². The summed E-state index contributed by atoms with van der Waals surface area (Å²) in [6, 6.07) is 0. The summed E-state index contributed by atoms with van der Waals surface area (Å²) in [5.41, 5.74) is 5.23. The minimum absolute atomic E-state index is 0. The monoisotopic (exact) mass is 163 g/mol. The average Bonchev–Trinajstić information content (AvgIpc) is 1.90. The van der Waals surface area contributed by atoms with Crippen molar-refractivity contribution >= 4 is 5.91 Å². The number of amides is 1. The van der Waals surface area contributed by atoms with Gasteiger partial charge in [0.1, 0.15) is 6.33 Å². The van der Waals surface area contributed by atoms with E-state index in [1.807, 2.05) is 0 Å². The number of primary amides is 1. The normalized spacial score (nSPS) is 8.00. The molecule has 4 nitrogen and oxygen atoms in total. The summed E-state index contributed by atoms with van der Waals surface area (Å²) in [5, 5.41) is 0. The number of hydrogen-bond donors (Lipinski definition) is 1. The van der Waals surface area contributed by atoms with Gasteiger partial charge in [0.2, 0.25) is 0 Å². The smallest absolute Gasteiger partial charge is 1.00 e. The maximum Gasteiger partial charge on any atom is 1.00 e. The Morgan fingerprint density at radius 1 is 1.50 bits per heavy atom. The molecule has 0 aliphatic rings. The van der Waals surface area contributed by atoms with Crippen LogP contribution in [-0.2, 0) is 0 Å². The molecule has 2 N–H and O–H groups in total. The van der Waals surface area contributed by atoms with Crippen molar-refractivity contribution < 1.29 is 57.6 Å². The van der Waals surface area contributed by atoms with Gasteiger partial charge in [-0.2, -0.15) is 0 Å². The Kier molecular flexibility index (Phi) is 5.01. The van der Waals surface area contributed by atoms with Gasteiger partial charge >= 0.3 is 51.4 Å². The molecule has 1 aromatic rings. The minimum atomic E-state index is -0.504. The van der Waals surface area contributed by atoms with Gasteiger partial charge in [0.15, 0.2) is 0 Å². The first-order valence-electron chi connectivity index (χ1n) is 2.35. The zero-order valence-corrected chi connectivity index (χ0v) is 8.74. The summed E-state index contributed by atoms with van der Waals surface area (Å²) < 4.78 is 0. The second-order valence-electron chi connectivity index (χ2n) is 1.49. The zero-order valence-electron chi connectivity index (χ0n) is 6.61. The summed E-state index contributed by atoms with van der Waals surface area (Å²) in [5.74, 6) is -0.504. The van der Waals surface area contributed by atoms with Crippen LogP contribution in [0, 0.1) is 0 Å². The van der Waals surface area contributed by atoms with Crippen LogP contribution >= 0.6 is 0 Å². The van der Waals surface area contributed by atoms with Crippen LogP contribution in [0.1, 0.15) is 11.8 Å². The number of hydrogen-bond acceptors (Lipinski definition) is 3. The van der Waals surface area contributed by atoms with Gasteiger partial charge in [-0.3, -0.25) is 4.79 Å². The third-order valence-electron chi connectivity index (χ3n) is 0.845. The van der Waals surface area contributed by atoms with Gasteiger partial charge in [-0.1, -0.05) is 0 Å². The number of nitrogens with zero attached hydrogens (tertiary/aromatic N) is 2. The third-order valence-corrected chi connectivity index (χ3v) is 0.845. The standard InChI is InChI=1S/C5H5N3O.K.H/c6-5(9)4-1-7-3-8-2-4;;/h1-3H,(H2,6,9);;/q;+1;-1. The van der Waals surface area contributed by atoms with E-state index in [0.717, 1.165) is 0 Å². The van der Waals surface area contributed by atoms with Crippen molar-refractivity contribution in [3.63, 3.8) is 0 Å². The Labute approximate surface area is 102 Å². The van der Waals surface area contributed by atoms with Crippen molar-refractivity contribution in [3.8, 4) is 0 Å². The van der Waals surface area contributed by atoms with E-state index in [4.69, 9.17) is 5.73 Å². The second-order valence-corrected chi connectivity index (χ2v) is 1.49. The van der Waals surface area contributed by atoms with Gasteiger partial charge < -0.3 is 7.16 Å². The summed E-state index contributed by atoms with van der Waals surface area (Å²) in [6.45, 7) is 0. The summed E-state index contributed by atoms with van der Waals surface area (Å²) >= 11 is 0. The number of nitrogens with two attached hydrogens (primary N) is 1. The van der Waals surface area contributed by atoms with Crippen molar-refractivity contribution in [2.75, 3.05) is 0 Å². The van der Waals surface area contributed by atoms with Crippen LogP contribution in [0.15, 0.2) is 18.7 Å². The molecule has 0 saturated heterocycles. The van der Waals surface area contributed by atoms with E-state index in [2.05, 4.69) is 9.97 Å². The van der Waals surface area contributed by atoms with E-state index in [9.17, 15) is 4.79 Å². The number of carbonyl (C=O) groups excluding carboxylic acids is 1. The van der Waals surface area contributed by atoms with Gasteiger partial charge in [0.25, 0.3) is 5.91 Å². The van der Waals surface area contributed by atoms with Crippen LogP contribution in [0.3, 0.4) is 0 Å². The molecular weight excluding hydrogens is 157 g/mol. The van der Waals surface area contributed by atoms with Crippen LogP contribution in [0.2, 0.25) is 0 Å². The molecule has 0 aliphatic heterocycles. The number of rotatable bonds is 1. The molecule has 0 saturated carbocycles. The molecule has 0 atom stereocenters. The Morgan fingerprint density at radius 3 is 2.30 bits per heavy atom. The molecular formula is C5H6KN3O. The fourth-order valence-corrected chi connectivity index (χ4v) is 0.426. The number of carbonyl (C=O) groups is 1. The molecule has 48 valence electrons. The van der Waals surface area contributed by atoms with Crippen molar-refractivity contribution in [2.45, 2.75) is 0 Å². The molecule has 1 heterocycles. The summed E-state index contributed by atoms with van der Waals surface area (Å²) in [7, 11) is 0. The molecule has 5 heteroatoms. The van der Waals surface area contributed by atoms with Crippen LogP contribution in [0.4, 0.5) is 0 Å². The predicted octanol–water partition coefficient (Wildman–Crippen LogP) is -3.31.